The number of hydrazine groups is 1. The molecule has 0 aliphatic carbocycles. The fraction of sp³-hybridized carbons (Fsp3) is 0.308. The Morgan fingerprint density at radius 2 is 2.33 bits per heavy atom. The van der Waals surface area contributed by atoms with Crippen LogP contribution in [-0.2, 0) is 0 Å². The van der Waals surface area contributed by atoms with Crippen molar-refractivity contribution in [3.05, 3.63) is 47.7 Å². The molecular formula is C13H17N3O2. The first-order chi connectivity index (χ1) is 8.76. The van der Waals surface area contributed by atoms with E-state index in [2.05, 4.69) is 10.4 Å². The van der Waals surface area contributed by atoms with Crippen LogP contribution in [0.4, 0.5) is 0 Å². The molecule has 5 nitrogen and oxygen atoms in total. The van der Waals surface area contributed by atoms with E-state index in [9.17, 15) is 0 Å². The lowest BCUT2D eigenvalue weighted by molar-refractivity contribution is 0.338. The lowest BCUT2D eigenvalue weighted by Crippen LogP contribution is -2.29. The van der Waals surface area contributed by atoms with Crippen LogP contribution in [0.5, 0.6) is 5.75 Å². The summed E-state index contributed by atoms with van der Waals surface area (Å²) in [5.74, 6) is 7.19. The minimum atomic E-state index is -0.156. The molecule has 0 bridgehead atoms. The number of hydrogen-bond acceptors (Lipinski definition) is 5. The van der Waals surface area contributed by atoms with Gasteiger partial charge in [-0.15, -0.1) is 0 Å². The maximum Gasteiger partial charge on any atom is 0.137 e. The Morgan fingerprint density at radius 3 is 2.94 bits per heavy atom. The van der Waals surface area contributed by atoms with Gasteiger partial charge in [-0.1, -0.05) is 0 Å². The zero-order valence-corrected chi connectivity index (χ0v) is 10.5. The van der Waals surface area contributed by atoms with Crippen LogP contribution in [0.15, 0.2) is 35.2 Å². The fourth-order valence-electron chi connectivity index (χ4n) is 1.90. The molecule has 0 aliphatic heterocycles. The third-order valence-corrected chi connectivity index (χ3v) is 2.76. The van der Waals surface area contributed by atoms with Crippen molar-refractivity contribution in [1.82, 2.24) is 10.4 Å². The maximum atomic E-state index is 5.63. The molecule has 0 fully saturated rings. The lowest BCUT2D eigenvalue weighted by atomic mass is 10.0. The van der Waals surface area contributed by atoms with E-state index in [1.54, 1.807) is 18.7 Å². The molecule has 0 aromatic carbocycles. The monoisotopic (exact) mass is 247 g/mol. The highest BCUT2D eigenvalue weighted by molar-refractivity contribution is 5.34. The van der Waals surface area contributed by atoms with E-state index >= 15 is 0 Å². The van der Waals surface area contributed by atoms with Gasteiger partial charge in [-0.25, -0.2) is 5.43 Å². The topological polar surface area (TPSA) is 73.3 Å². The summed E-state index contributed by atoms with van der Waals surface area (Å²) in [6, 6.07) is 3.66. The normalized spacial score (nSPS) is 12.4. The lowest BCUT2D eigenvalue weighted by Gasteiger charge is -2.16. The highest BCUT2D eigenvalue weighted by atomic mass is 16.5. The van der Waals surface area contributed by atoms with Gasteiger partial charge in [0.25, 0.3) is 0 Å². The molecule has 2 aromatic heterocycles. The Bertz CT molecular complexity index is 510. The summed E-state index contributed by atoms with van der Waals surface area (Å²) in [4.78, 5) is 4.16. The smallest absolute Gasteiger partial charge is 0.137 e. The van der Waals surface area contributed by atoms with Crippen LogP contribution < -0.4 is 16.0 Å². The fourth-order valence-corrected chi connectivity index (χ4v) is 1.90. The molecule has 0 spiro atoms. The van der Waals surface area contributed by atoms with E-state index in [1.165, 1.54) is 0 Å². The number of rotatable bonds is 5. The van der Waals surface area contributed by atoms with E-state index in [-0.39, 0.29) is 6.04 Å². The first kappa shape index (κ1) is 12.6. The molecule has 2 rings (SSSR count). The number of nitrogens with zero attached hydrogens (tertiary/aromatic N) is 1. The van der Waals surface area contributed by atoms with E-state index in [0.29, 0.717) is 6.61 Å². The highest BCUT2D eigenvalue weighted by Gasteiger charge is 2.17. The second-order valence-corrected chi connectivity index (χ2v) is 3.92. The summed E-state index contributed by atoms with van der Waals surface area (Å²) in [5.41, 5.74) is 4.71. The van der Waals surface area contributed by atoms with Crippen molar-refractivity contribution in [2.24, 2.45) is 5.84 Å². The zero-order chi connectivity index (χ0) is 13.0. The molecule has 0 saturated carbocycles. The number of nitrogens with one attached hydrogen (secondary N) is 1. The van der Waals surface area contributed by atoms with Crippen LogP contribution in [0, 0.1) is 6.92 Å². The molecule has 0 radical (unpaired) electrons. The van der Waals surface area contributed by atoms with Crippen LogP contribution >= 0.6 is 0 Å². The minimum absolute atomic E-state index is 0.156. The summed E-state index contributed by atoms with van der Waals surface area (Å²) in [5, 5.41) is 0. The van der Waals surface area contributed by atoms with Gasteiger partial charge in [0, 0.05) is 11.8 Å². The molecule has 1 atom stereocenters. The second-order valence-electron chi connectivity index (χ2n) is 3.92. The van der Waals surface area contributed by atoms with Crippen molar-refractivity contribution in [1.29, 1.82) is 0 Å². The zero-order valence-electron chi connectivity index (χ0n) is 10.5. The molecule has 3 N–H and O–H groups in total. The molecule has 0 saturated heterocycles. The van der Waals surface area contributed by atoms with Gasteiger partial charge in [-0.2, -0.15) is 0 Å². The molecule has 5 heteroatoms. The number of aryl methyl sites for hydroxylation is 1. The summed E-state index contributed by atoms with van der Waals surface area (Å²) < 4.78 is 10.7. The molecule has 1 unspecified atom stereocenters. The SMILES string of the molecule is CCOc1cncc(C(NN)c2ccoc2C)c1. The van der Waals surface area contributed by atoms with Crippen LogP contribution in [-0.4, -0.2) is 11.6 Å². The molecule has 96 valence electrons. The van der Waals surface area contributed by atoms with E-state index in [4.69, 9.17) is 15.0 Å². The highest BCUT2D eigenvalue weighted by Crippen LogP contribution is 2.26. The van der Waals surface area contributed by atoms with Gasteiger partial charge >= 0.3 is 0 Å². The first-order valence-corrected chi connectivity index (χ1v) is 5.84. The van der Waals surface area contributed by atoms with Crippen LogP contribution in [0.1, 0.15) is 29.9 Å². The van der Waals surface area contributed by atoms with Gasteiger partial charge in [-0.3, -0.25) is 10.8 Å². The number of ether oxygens (including phenoxy) is 1. The number of nitrogens with two attached hydrogens (primary N) is 1. The molecule has 2 heterocycles. The van der Waals surface area contributed by atoms with E-state index in [0.717, 1.165) is 22.6 Å². The van der Waals surface area contributed by atoms with Crippen molar-refractivity contribution in [2.75, 3.05) is 6.61 Å². The standard InChI is InChI=1S/C13H17N3O2/c1-3-17-11-6-10(7-15-8-11)13(16-14)12-4-5-18-9(12)2/h4-8,13,16H,3,14H2,1-2H3. The van der Waals surface area contributed by atoms with Gasteiger partial charge in [0.2, 0.25) is 0 Å². The predicted molar refractivity (Wildman–Crippen MR) is 68.0 cm³/mol. The van der Waals surface area contributed by atoms with Crippen molar-refractivity contribution >= 4 is 0 Å². The van der Waals surface area contributed by atoms with Crippen molar-refractivity contribution < 1.29 is 9.15 Å². The average molecular weight is 247 g/mol. The minimum Gasteiger partial charge on any atom is -0.492 e. The number of furan rings is 1. The third-order valence-electron chi connectivity index (χ3n) is 2.76. The van der Waals surface area contributed by atoms with Gasteiger partial charge in [-0.05, 0) is 31.5 Å². The van der Waals surface area contributed by atoms with Crippen molar-refractivity contribution in [2.45, 2.75) is 19.9 Å². The quantitative estimate of drug-likeness (QED) is 0.624. The molecule has 18 heavy (non-hydrogen) atoms. The second kappa shape index (κ2) is 5.66. The van der Waals surface area contributed by atoms with Crippen molar-refractivity contribution in [3.63, 3.8) is 0 Å². The third kappa shape index (κ3) is 2.52. The Kier molecular flexibility index (Phi) is 3.96. The van der Waals surface area contributed by atoms with Crippen LogP contribution in [0.25, 0.3) is 0 Å². The van der Waals surface area contributed by atoms with Crippen LogP contribution in [0.3, 0.4) is 0 Å². The number of hydrogen-bond donors (Lipinski definition) is 2. The Labute approximate surface area is 106 Å². The molecule has 2 aromatic rings. The summed E-state index contributed by atoms with van der Waals surface area (Å²) in [6.07, 6.45) is 5.09. The molecular weight excluding hydrogens is 230 g/mol. The first-order valence-electron chi connectivity index (χ1n) is 5.84. The Hall–Kier alpha value is -1.85. The largest absolute Gasteiger partial charge is 0.492 e. The van der Waals surface area contributed by atoms with Gasteiger partial charge in [0.05, 0.1) is 25.1 Å². The van der Waals surface area contributed by atoms with Crippen LogP contribution in [0.2, 0.25) is 0 Å². The average Bonchev–Trinajstić information content (AvgIpc) is 2.78. The van der Waals surface area contributed by atoms with Crippen molar-refractivity contribution in [3.8, 4) is 5.75 Å². The van der Waals surface area contributed by atoms with E-state index < -0.39 is 0 Å². The van der Waals surface area contributed by atoms with E-state index in [1.807, 2.05) is 26.0 Å². The summed E-state index contributed by atoms with van der Waals surface area (Å²) in [6.45, 7) is 4.45. The summed E-state index contributed by atoms with van der Waals surface area (Å²) >= 11 is 0. The van der Waals surface area contributed by atoms with Gasteiger partial charge in [0.1, 0.15) is 11.5 Å². The van der Waals surface area contributed by atoms with Gasteiger partial charge < -0.3 is 9.15 Å². The number of aromatic nitrogens is 1. The van der Waals surface area contributed by atoms with Gasteiger partial charge in [0.15, 0.2) is 0 Å². The Morgan fingerprint density at radius 1 is 1.50 bits per heavy atom. The Balaban J connectivity index is 2.33. The molecule has 0 amide bonds. The summed E-state index contributed by atoms with van der Waals surface area (Å²) in [7, 11) is 0. The molecule has 0 aliphatic rings. The predicted octanol–water partition coefficient (Wildman–Crippen LogP) is 1.93. The maximum absolute atomic E-state index is 5.63. The number of pyridine rings is 1.